The molecule has 25 heavy (non-hydrogen) atoms. The van der Waals surface area contributed by atoms with Crippen molar-refractivity contribution in [3.05, 3.63) is 21.9 Å². The van der Waals surface area contributed by atoms with Crippen molar-refractivity contribution in [1.82, 2.24) is 15.5 Å². The molecular formula is C16H21N3O5S. The van der Waals surface area contributed by atoms with Gasteiger partial charge in [0.25, 0.3) is 0 Å². The van der Waals surface area contributed by atoms with Crippen LogP contribution >= 0.6 is 11.3 Å². The largest absolute Gasteiger partial charge is 0.350 e. The molecule has 3 amide bonds. The second kappa shape index (κ2) is 7.51. The van der Waals surface area contributed by atoms with Crippen LogP contribution in [0.1, 0.15) is 16.9 Å². The van der Waals surface area contributed by atoms with Crippen molar-refractivity contribution in [1.29, 1.82) is 0 Å². The maximum Gasteiger partial charge on any atom is 0.243 e. The van der Waals surface area contributed by atoms with Crippen LogP contribution in [0.3, 0.4) is 0 Å². The lowest BCUT2D eigenvalue weighted by atomic mass is 10.1. The minimum absolute atomic E-state index is 0.159. The van der Waals surface area contributed by atoms with Gasteiger partial charge >= 0.3 is 0 Å². The Hall–Kier alpha value is -1.97. The van der Waals surface area contributed by atoms with Gasteiger partial charge in [0, 0.05) is 11.3 Å². The van der Waals surface area contributed by atoms with Gasteiger partial charge in [-0.2, -0.15) is 0 Å². The Bertz CT molecular complexity index is 656. The number of carbonyl (C=O) groups is 3. The number of nitrogens with zero attached hydrogens (tertiary/aromatic N) is 1. The van der Waals surface area contributed by atoms with Crippen molar-refractivity contribution in [3.63, 3.8) is 0 Å². The molecule has 1 spiro atoms. The molecule has 0 bridgehead atoms. The third-order valence-corrected chi connectivity index (χ3v) is 5.34. The number of likely N-dealkylation sites (tertiary alicyclic amines) is 1. The van der Waals surface area contributed by atoms with E-state index >= 15 is 0 Å². The molecule has 3 heterocycles. The van der Waals surface area contributed by atoms with E-state index in [2.05, 4.69) is 10.6 Å². The van der Waals surface area contributed by atoms with Gasteiger partial charge in [0.2, 0.25) is 18.2 Å². The third-order valence-electron chi connectivity index (χ3n) is 4.29. The van der Waals surface area contributed by atoms with Crippen LogP contribution in [-0.2, 0) is 30.4 Å². The van der Waals surface area contributed by atoms with Gasteiger partial charge in [-0.1, -0.05) is 0 Å². The summed E-state index contributed by atoms with van der Waals surface area (Å²) in [6.45, 7) is 3.32. The van der Waals surface area contributed by atoms with Gasteiger partial charge in [-0.25, -0.2) is 0 Å². The van der Waals surface area contributed by atoms with Crippen LogP contribution in [0, 0.1) is 6.92 Å². The third kappa shape index (κ3) is 4.00. The van der Waals surface area contributed by atoms with Crippen LogP contribution < -0.4 is 10.6 Å². The van der Waals surface area contributed by atoms with Crippen molar-refractivity contribution in [2.45, 2.75) is 31.7 Å². The first-order valence-electron chi connectivity index (χ1n) is 8.09. The highest BCUT2D eigenvalue weighted by Crippen LogP contribution is 2.34. The maximum atomic E-state index is 12.7. The van der Waals surface area contributed by atoms with E-state index in [0.717, 1.165) is 10.4 Å². The minimum Gasteiger partial charge on any atom is -0.350 e. The van der Waals surface area contributed by atoms with E-state index in [1.165, 1.54) is 4.90 Å². The number of amides is 3. The smallest absolute Gasteiger partial charge is 0.243 e. The van der Waals surface area contributed by atoms with Crippen LogP contribution in [0.5, 0.6) is 0 Å². The molecule has 2 aliphatic rings. The Kier molecular flexibility index (Phi) is 5.36. The zero-order chi connectivity index (χ0) is 17.9. The number of hydrogen-bond donors (Lipinski definition) is 2. The number of carbonyl (C=O) groups excluding carboxylic acids is 3. The lowest BCUT2D eigenvalue weighted by Gasteiger charge is -2.23. The lowest BCUT2D eigenvalue weighted by molar-refractivity contribution is -0.152. The molecule has 1 atom stereocenters. The van der Waals surface area contributed by atoms with Crippen molar-refractivity contribution in [3.8, 4) is 0 Å². The van der Waals surface area contributed by atoms with Gasteiger partial charge < -0.3 is 25.0 Å². The SMILES string of the molecule is Cc1csc(CNC(=O)C2CC3(CN2C(=O)CNC=O)OCCO3)c1. The van der Waals surface area contributed by atoms with Crippen molar-refractivity contribution >= 4 is 29.6 Å². The van der Waals surface area contributed by atoms with E-state index in [4.69, 9.17) is 9.47 Å². The number of rotatable bonds is 6. The van der Waals surface area contributed by atoms with Gasteiger partial charge in [-0.05, 0) is 23.9 Å². The minimum atomic E-state index is -0.918. The second-order valence-electron chi connectivity index (χ2n) is 6.16. The molecule has 9 heteroatoms. The molecule has 2 aliphatic heterocycles. The highest BCUT2D eigenvalue weighted by Gasteiger charge is 2.52. The van der Waals surface area contributed by atoms with E-state index in [9.17, 15) is 14.4 Å². The molecule has 0 aromatic carbocycles. The Morgan fingerprint density at radius 3 is 2.84 bits per heavy atom. The molecule has 0 radical (unpaired) electrons. The summed E-state index contributed by atoms with van der Waals surface area (Å²) in [7, 11) is 0. The van der Waals surface area contributed by atoms with Gasteiger partial charge in [0.1, 0.15) is 6.04 Å². The predicted molar refractivity (Wildman–Crippen MR) is 89.7 cm³/mol. The molecular weight excluding hydrogens is 346 g/mol. The van der Waals surface area contributed by atoms with Crippen molar-refractivity contribution < 1.29 is 23.9 Å². The lowest BCUT2D eigenvalue weighted by Crippen LogP contribution is -2.48. The molecule has 1 aromatic heterocycles. The Balaban J connectivity index is 1.67. The van der Waals surface area contributed by atoms with Crippen LogP contribution in [-0.4, -0.2) is 61.3 Å². The maximum absolute atomic E-state index is 12.7. The van der Waals surface area contributed by atoms with E-state index < -0.39 is 11.8 Å². The van der Waals surface area contributed by atoms with Gasteiger partial charge in [-0.3, -0.25) is 14.4 Å². The molecule has 3 rings (SSSR count). The number of aryl methyl sites for hydroxylation is 1. The molecule has 2 saturated heterocycles. The normalized spacial score (nSPS) is 21.5. The summed E-state index contributed by atoms with van der Waals surface area (Å²) in [5.41, 5.74) is 1.15. The first-order valence-corrected chi connectivity index (χ1v) is 8.97. The van der Waals surface area contributed by atoms with E-state index in [1.54, 1.807) is 11.3 Å². The van der Waals surface area contributed by atoms with Crippen LogP contribution in [0.4, 0.5) is 0 Å². The van der Waals surface area contributed by atoms with Crippen molar-refractivity contribution in [2.75, 3.05) is 26.3 Å². The zero-order valence-corrected chi connectivity index (χ0v) is 14.8. The summed E-state index contributed by atoms with van der Waals surface area (Å²) in [6.07, 6.45) is 0.746. The fourth-order valence-corrected chi connectivity index (χ4v) is 3.96. The molecule has 1 unspecified atom stereocenters. The highest BCUT2D eigenvalue weighted by atomic mass is 32.1. The standard InChI is InChI=1S/C16H21N3O5S/c1-11-4-12(25-8-11)6-18-15(22)13-5-16(23-2-3-24-16)9-19(13)14(21)7-17-10-20/h4,8,10,13H,2-3,5-7,9H2,1H3,(H,17,20)(H,18,22). The van der Waals surface area contributed by atoms with Gasteiger partial charge in [0.05, 0.1) is 32.8 Å². The van der Waals surface area contributed by atoms with Gasteiger partial charge in [-0.15, -0.1) is 11.3 Å². The molecule has 136 valence electrons. The van der Waals surface area contributed by atoms with Crippen molar-refractivity contribution in [2.24, 2.45) is 0 Å². The Morgan fingerprint density at radius 1 is 1.44 bits per heavy atom. The predicted octanol–water partition coefficient (Wildman–Crippen LogP) is -0.237. The summed E-state index contributed by atoms with van der Waals surface area (Å²) < 4.78 is 11.3. The quantitative estimate of drug-likeness (QED) is 0.677. The van der Waals surface area contributed by atoms with Crippen LogP contribution in [0.2, 0.25) is 0 Å². The molecule has 8 nitrogen and oxygen atoms in total. The summed E-state index contributed by atoms with van der Waals surface area (Å²) in [4.78, 5) is 37.9. The Labute approximate surface area is 149 Å². The number of ether oxygens (including phenoxy) is 2. The summed E-state index contributed by atoms with van der Waals surface area (Å²) in [6, 6.07) is 1.33. The summed E-state index contributed by atoms with van der Waals surface area (Å²) in [5, 5.41) is 7.24. The molecule has 0 aliphatic carbocycles. The van der Waals surface area contributed by atoms with E-state index in [0.29, 0.717) is 26.2 Å². The summed E-state index contributed by atoms with van der Waals surface area (Å²) >= 11 is 1.58. The van der Waals surface area contributed by atoms with E-state index in [1.807, 2.05) is 18.4 Å². The highest BCUT2D eigenvalue weighted by molar-refractivity contribution is 7.10. The van der Waals surface area contributed by atoms with E-state index in [-0.39, 0.29) is 31.3 Å². The van der Waals surface area contributed by atoms with Gasteiger partial charge in [0.15, 0.2) is 5.79 Å². The molecule has 2 N–H and O–H groups in total. The molecule has 1 aromatic rings. The fraction of sp³-hybridized carbons (Fsp3) is 0.562. The zero-order valence-electron chi connectivity index (χ0n) is 13.9. The monoisotopic (exact) mass is 367 g/mol. The number of nitrogens with one attached hydrogen (secondary N) is 2. The average Bonchev–Trinajstić information content (AvgIpc) is 3.32. The first kappa shape index (κ1) is 17.8. The van der Waals surface area contributed by atoms with Crippen LogP contribution in [0.25, 0.3) is 0 Å². The summed E-state index contributed by atoms with van der Waals surface area (Å²) in [5.74, 6) is -1.50. The molecule has 0 saturated carbocycles. The topological polar surface area (TPSA) is 97.0 Å². The first-order chi connectivity index (χ1) is 12.0. The second-order valence-corrected chi connectivity index (χ2v) is 7.15. The van der Waals surface area contributed by atoms with Crippen LogP contribution in [0.15, 0.2) is 11.4 Å². The Morgan fingerprint density at radius 2 is 2.20 bits per heavy atom. The molecule has 2 fully saturated rings. The number of hydrogen-bond acceptors (Lipinski definition) is 6. The number of thiophene rings is 1. The fourth-order valence-electron chi connectivity index (χ4n) is 3.15. The average molecular weight is 367 g/mol.